The van der Waals surface area contributed by atoms with Crippen LogP contribution >= 0.6 is 0 Å². The first-order chi connectivity index (χ1) is 11.4. The van der Waals surface area contributed by atoms with Gasteiger partial charge in [-0.3, -0.25) is 4.84 Å². The van der Waals surface area contributed by atoms with Crippen molar-refractivity contribution in [3.8, 4) is 0 Å². The molecule has 1 aromatic carbocycles. The van der Waals surface area contributed by atoms with E-state index < -0.39 is 0 Å². The van der Waals surface area contributed by atoms with Crippen molar-refractivity contribution in [2.75, 3.05) is 0 Å². The molecule has 0 unspecified atom stereocenters. The van der Waals surface area contributed by atoms with Crippen LogP contribution in [0, 0.1) is 5.92 Å². The van der Waals surface area contributed by atoms with Crippen LogP contribution in [-0.4, -0.2) is 22.2 Å². The van der Waals surface area contributed by atoms with Gasteiger partial charge in [0.2, 0.25) is 0 Å². The maximum absolute atomic E-state index is 6.59. The van der Waals surface area contributed by atoms with E-state index in [0.29, 0.717) is 6.10 Å². The van der Waals surface area contributed by atoms with E-state index in [4.69, 9.17) is 4.84 Å². The molecule has 24 heavy (non-hydrogen) atoms. The molecule has 1 aliphatic carbocycles. The van der Waals surface area contributed by atoms with Crippen molar-refractivity contribution < 1.29 is 4.84 Å². The first kappa shape index (κ1) is 17.9. The molecule has 2 fully saturated rings. The second-order valence-corrected chi connectivity index (χ2v) is 9.25. The number of benzene rings is 1. The van der Waals surface area contributed by atoms with Crippen LogP contribution in [0.4, 0.5) is 0 Å². The van der Waals surface area contributed by atoms with Gasteiger partial charge >= 0.3 is 0 Å². The molecule has 2 heteroatoms. The van der Waals surface area contributed by atoms with E-state index in [-0.39, 0.29) is 11.1 Å². The van der Waals surface area contributed by atoms with E-state index in [1.54, 1.807) is 0 Å². The summed E-state index contributed by atoms with van der Waals surface area (Å²) in [5, 5.41) is 2.37. The maximum atomic E-state index is 6.59. The second-order valence-electron chi connectivity index (χ2n) is 9.25. The predicted octanol–water partition coefficient (Wildman–Crippen LogP) is 5.76. The van der Waals surface area contributed by atoms with Gasteiger partial charge in [0.25, 0.3) is 0 Å². The first-order valence-electron chi connectivity index (χ1n) is 9.88. The molecule has 0 aromatic heterocycles. The Morgan fingerprint density at radius 2 is 1.50 bits per heavy atom. The van der Waals surface area contributed by atoms with Crippen molar-refractivity contribution in [3.05, 3.63) is 35.9 Å². The molecule has 0 spiro atoms. The van der Waals surface area contributed by atoms with Crippen LogP contribution in [0.2, 0.25) is 0 Å². The van der Waals surface area contributed by atoms with Crippen molar-refractivity contribution in [1.29, 1.82) is 0 Å². The average molecular weight is 330 g/mol. The van der Waals surface area contributed by atoms with E-state index in [2.05, 4.69) is 63.1 Å². The summed E-state index contributed by atoms with van der Waals surface area (Å²) in [6.45, 7) is 9.48. The van der Waals surface area contributed by atoms with Crippen LogP contribution in [0.25, 0.3) is 0 Å². The molecule has 134 valence electrons. The Kier molecular flexibility index (Phi) is 5.36. The highest BCUT2D eigenvalue weighted by molar-refractivity contribution is 5.16. The summed E-state index contributed by atoms with van der Waals surface area (Å²) in [5.74, 6) is 0.726. The fraction of sp³-hybridized carbons (Fsp3) is 0.727. The Bertz CT molecular complexity index is 498. The standard InChI is InChI=1S/C22H35NO/c1-21(2)16-19(15-18-11-7-5-8-12-18)17-22(3,4)23(21)24-20-13-9-6-10-14-20/h5,7-8,11-12,19-20H,6,9-10,13-17H2,1-4H3. The number of hydroxylamine groups is 2. The number of hydrogen-bond donors (Lipinski definition) is 0. The average Bonchev–Trinajstić information content (AvgIpc) is 2.52. The SMILES string of the molecule is CC1(C)CC(Cc2ccccc2)CC(C)(C)N1OC1CCCCC1. The Balaban J connectivity index is 1.69. The largest absolute Gasteiger partial charge is 0.295 e. The van der Waals surface area contributed by atoms with Gasteiger partial charge in [-0.25, -0.2) is 0 Å². The van der Waals surface area contributed by atoms with Crippen molar-refractivity contribution >= 4 is 0 Å². The third-order valence-electron chi connectivity index (χ3n) is 5.85. The van der Waals surface area contributed by atoms with Gasteiger partial charge in [-0.15, -0.1) is 0 Å². The molecule has 3 rings (SSSR count). The van der Waals surface area contributed by atoms with Crippen molar-refractivity contribution in [3.63, 3.8) is 0 Å². The molecule has 1 aliphatic heterocycles. The molecular weight excluding hydrogens is 294 g/mol. The smallest absolute Gasteiger partial charge is 0.0793 e. The van der Waals surface area contributed by atoms with E-state index >= 15 is 0 Å². The highest BCUT2D eigenvalue weighted by Gasteiger charge is 2.47. The molecule has 0 radical (unpaired) electrons. The fourth-order valence-corrected chi connectivity index (χ4v) is 5.17. The lowest BCUT2D eigenvalue weighted by molar-refractivity contribution is -0.314. The number of nitrogens with zero attached hydrogens (tertiary/aromatic N) is 1. The Morgan fingerprint density at radius 1 is 0.917 bits per heavy atom. The van der Waals surface area contributed by atoms with Gasteiger partial charge in [0, 0.05) is 11.1 Å². The molecule has 0 bridgehead atoms. The van der Waals surface area contributed by atoms with Crippen LogP contribution < -0.4 is 0 Å². The first-order valence-corrected chi connectivity index (χ1v) is 9.88. The normalized spacial score (nSPS) is 25.7. The zero-order valence-electron chi connectivity index (χ0n) is 16.1. The van der Waals surface area contributed by atoms with E-state index in [1.807, 2.05) is 0 Å². The molecule has 2 aliphatic rings. The van der Waals surface area contributed by atoms with Gasteiger partial charge in [0.15, 0.2) is 0 Å². The predicted molar refractivity (Wildman–Crippen MR) is 101 cm³/mol. The molecular formula is C22H35NO. The number of hydrogen-bond acceptors (Lipinski definition) is 2. The summed E-state index contributed by atoms with van der Waals surface area (Å²) in [7, 11) is 0. The van der Waals surface area contributed by atoms with E-state index in [0.717, 1.165) is 5.92 Å². The Hall–Kier alpha value is -0.860. The van der Waals surface area contributed by atoms with Crippen LogP contribution in [0.5, 0.6) is 0 Å². The topological polar surface area (TPSA) is 12.5 Å². The molecule has 2 nitrogen and oxygen atoms in total. The third kappa shape index (κ3) is 4.21. The summed E-state index contributed by atoms with van der Waals surface area (Å²) in [6.07, 6.45) is 10.5. The van der Waals surface area contributed by atoms with Gasteiger partial charge in [0.1, 0.15) is 0 Å². The zero-order chi connectivity index (χ0) is 17.2. The molecule has 0 atom stereocenters. The summed E-state index contributed by atoms with van der Waals surface area (Å²) in [5.41, 5.74) is 1.66. The lowest BCUT2D eigenvalue weighted by Gasteiger charge is -2.55. The maximum Gasteiger partial charge on any atom is 0.0793 e. The fourth-order valence-electron chi connectivity index (χ4n) is 5.17. The van der Waals surface area contributed by atoms with E-state index in [9.17, 15) is 0 Å². The lowest BCUT2D eigenvalue weighted by Crippen LogP contribution is -2.61. The summed E-state index contributed by atoms with van der Waals surface area (Å²) in [4.78, 5) is 6.59. The van der Waals surface area contributed by atoms with Gasteiger partial charge in [-0.2, -0.15) is 5.06 Å². The monoisotopic (exact) mass is 329 g/mol. The van der Waals surface area contributed by atoms with Crippen LogP contribution in [0.1, 0.15) is 78.2 Å². The molecule has 1 saturated heterocycles. The summed E-state index contributed by atoms with van der Waals surface area (Å²) in [6, 6.07) is 11.0. The minimum absolute atomic E-state index is 0.0959. The lowest BCUT2D eigenvalue weighted by atomic mass is 9.73. The Labute approximate surface area is 148 Å². The molecule has 1 aromatic rings. The highest BCUT2D eigenvalue weighted by atomic mass is 16.7. The van der Waals surface area contributed by atoms with E-state index in [1.165, 1.54) is 56.9 Å². The van der Waals surface area contributed by atoms with Crippen molar-refractivity contribution in [2.45, 2.75) is 96.2 Å². The second kappa shape index (κ2) is 7.17. The van der Waals surface area contributed by atoms with Crippen LogP contribution in [-0.2, 0) is 11.3 Å². The van der Waals surface area contributed by atoms with Crippen molar-refractivity contribution in [1.82, 2.24) is 5.06 Å². The minimum Gasteiger partial charge on any atom is -0.295 e. The van der Waals surface area contributed by atoms with Gasteiger partial charge in [0.05, 0.1) is 6.10 Å². The van der Waals surface area contributed by atoms with Crippen molar-refractivity contribution in [2.24, 2.45) is 5.92 Å². The highest BCUT2D eigenvalue weighted by Crippen LogP contribution is 2.43. The van der Waals surface area contributed by atoms with Gasteiger partial charge in [-0.1, -0.05) is 49.6 Å². The number of piperidine rings is 1. The molecule has 1 saturated carbocycles. The van der Waals surface area contributed by atoms with Crippen LogP contribution in [0.15, 0.2) is 30.3 Å². The number of rotatable bonds is 4. The van der Waals surface area contributed by atoms with Gasteiger partial charge in [-0.05, 0) is 71.3 Å². The quantitative estimate of drug-likeness (QED) is 0.696. The summed E-state index contributed by atoms with van der Waals surface area (Å²) < 4.78 is 0. The molecule has 0 N–H and O–H groups in total. The van der Waals surface area contributed by atoms with Crippen LogP contribution in [0.3, 0.4) is 0 Å². The zero-order valence-corrected chi connectivity index (χ0v) is 16.1. The Morgan fingerprint density at radius 3 is 2.08 bits per heavy atom. The molecule has 1 heterocycles. The third-order valence-corrected chi connectivity index (χ3v) is 5.85. The summed E-state index contributed by atoms with van der Waals surface area (Å²) >= 11 is 0. The van der Waals surface area contributed by atoms with Gasteiger partial charge < -0.3 is 0 Å². The minimum atomic E-state index is 0.0959. The molecule has 0 amide bonds.